The van der Waals surface area contributed by atoms with Crippen molar-refractivity contribution in [2.75, 3.05) is 7.11 Å². The van der Waals surface area contributed by atoms with Crippen molar-refractivity contribution in [3.8, 4) is 5.75 Å². The summed E-state index contributed by atoms with van der Waals surface area (Å²) in [7, 11) is 1.62. The van der Waals surface area contributed by atoms with Crippen LogP contribution in [-0.4, -0.2) is 18.0 Å². The van der Waals surface area contributed by atoms with Gasteiger partial charge in [-0.15, -0.1) is 0 Å². The van der Waals surface area contributed by atoms with E-state index in [1.165, 1.54) is 0 Å². The maximum Gasteiger partial charge on any atom is 0.268 e. The number of nitrogens with one attached hydrogen (secondary N) is 2. The topological polar surface area (TPSA) is 67.3 Å². The molecule has 5 heteroatoms. The smallest absolute Gasteiger partial charge is 0.268 e. The van der Waals surface area contributed by atoms with Crippen LogP contribution in [0.25, 0.3) is 10.9 Å². The SMILES string of the molecule is COc1ccc2[nH]c(C(=O)NCc3ccco3)cc2c1. The Morgan fingerprint density at radius 1 is 1.35 bits per heavy atom. The molecule has 1 aromatic carbocycles. The van der Waals surface area contributed by atoms with Crippen LogP contribution in [0.15, 0.2) is 47.1 Å². The number of rotatable bonds is 4. The zero-order valence-corrected chi connectivity index (χ0v) is 11.0. The molecule has 3 rings (SSSR count). The Balaban J connectivity index is 1.77. The molecule has 0 spiro atoms. The van der Waals surface area contributed by atoms with E-state index in [9.17, 15) is 4.79 Å². The molecule has 0 atom stereocenters. The standard InChI is InChI=1S/C15H14N2O3/c1-19-11-4-5-13-10(7-11)8-14(17-13)15(18)16-9-12-3-2-6-20-12/h2-8,17H,9H2,1H3,(H,16,18). The normalized spacial score (nSPS) is 10.7. The molecular weight excluding hydrogens is 256 g/mol. The number of amides is 1. The number of aromatic amines is 1. The maximum absolute atomic E-state index is 12.0. The first-order chi connectivity index (χ1) is 9.76. The Morgan fingerprint density at radius 3 is 3.00 bits per heavy atom. The lowest BCUT2D eigenvalue weighted by Crippen LogP contribution is -2.22. The van der Waals surface area contributed by atoms with E-state index < -0.39 is 0 Å². The molecule has 102 valence electrons. The van der Waals surface area contributed by atoms with Crippen molar-refractivity contribution in [3.63, 3.8) is 0 Å². The fraction of sp³-hybridized carbons (Fsp3) is 0.133. The van der Waals surface area contributed by atoms with E-state index in [4.69, 9.17) is 9.15 Å². The molecule has 0 saturated heterocycles. The first kappa shape index (κ1) is 12.3. The van der Waals surface area contributed by atoms with Crippen molar-refractivity contribution in [3.05, 3.63) is 54.1 Å². The molecule has 0 unspecified atom stereocenters. The van der Waals surface area contributed by atoms with E-state index in [1.54, 1.807) is 25.5 Å². The number of benzene rings is 1. The summed E-state index contributed by atoms with van der Waals surface area (Å²) in [5.41, 5.74) is 1.41. The highest BCUT2D eigenvalue weighted by Gasteiger charge is 2.10. The summed E-state index contributed by atoms with van der Waals surface area (Å²) in [5, 5.41) is 3.73. The number of fused-ring (bicyclic) bond motifs is 1. The van der Waals surface area contributed by atoms with Gasteiger partial charge in [-0.3, -0.25) is 4.79 Å². The molecule has 2 N–H and O–H groups in total. The number of H-pyrrole nitrogens is 1. The van der Waals surface area contributed by atoms with Crippen LogP contribution in [0.4, 0.5) is 0 Å². The van der Waals surface area contributed by atoms with Crippen molar-refractivity contribution in [1.29, 1.82) is 0 Å². The second kappa shape index (κ2) is 5.13. The average molecular weight is 270 g/mol. The number of ether oxygens (including phenoxy) is 1. The predicted molar refractivity (Wildman–Crippen MR) is 74.7 cm³/mol. The Morgan fingerprint density at radius 2 is 2.25 bits per heavy atom. The number of hydrogen-bond donors (Lipinski definition) is 2. The molecular formula is C15H14N2O3. The minimum absolute atomic E-state index is 0.170. The molecule has 3 aromatic rings. The van der Waals surface area contributed by atoms with Gasteiger partial charge in [-0.2, -0.15) is 0 Å². The van der Waals surface area contributed by atoms with Crippen molar-refractivity contribution in [1.82, 2.24) is 10.3 Å². The van der Waals surface area contributed by atoms with Gasteiger partial charge in [-0.1, -0.05) is 0 Å². The summed E-state index contributed by atoms with van der Waals surface area (Å²) in [5.74, 6) is 1.31. The third kappa shape index (κ3) is 2.38. The molecule has 0 bridgehead atoms. The molecule has 2 heterocycles. The lowest BCUT2D eigenvalue weighted by atomic mass is 10.2. The number of hydrogen-bond acceptors (Lipinski definition) is 3. The van der Waals surface area contributed by atoms with Crippen LogP contribution >= 0.6 is 0 Å². The van der Waals surface area contributed by atoms with Gasteiger partial charge >= 0.3 is 0 Å². The predicted octanol–water partition coefficient (Wildman–Crippen LogP) is 2.70. The number of methoxy groups -OCH3 is 1. The third-order valence-corrected chi connectivity index (χ3v) is 3.08. The maximum atomic E-state index is 12.0. The fourth-order valence-corrected chi connectivity index (χ4v) is 2.04. The van der Waals surface area contributed by atoms with Gasteiger partial charge < -0.3 is 19.5 Å². The number of carbonyl (C=O) groups is 1. The summed E-state index contributed by atoms with van der Waals surface area (Å²) < 4.78 is 10.3. The van der Waals surface area contributed by atoms with E-state index in [0.717, 1.165) is 22.4 Å². The minimum Gasteiger partial charge on any atom is -0.497 e. The largest absolute Gasteiger partial charge is 0.497 e. The van der Waals surface area contributed by atoms with E-state index in [2.05, 4.69) is 10.3 Å². The highest BCUT2D eigenvalue weighted by atomic mass is 16.5. The van der Waals surface area contributed by atoms with E-state index >= 15 is 0 Å². The summed E-state index contributed by atoms with van der Waals surface area (Å²) in [6, 6.07) is 11.0. The molecule has 2 aromatic heterocycles. The molecule has 0 radical (unpaired) electrons. The fourth-order valence-electron chi connectivity index (χ4n) is 2.04. The van der Waals surface area contributed by atoms with Gasteiger partial charge in [0, 0.05) is 10.9 Å². The highest BCUT2D eigenvalue weighted by Crippen LogP contribution is 2.21. The van der Waals surface area contributed by atoms with Crippen LogP contribution in [0.3, 0.4) is 0 Å². The van der Waals surface area contributed by atoms with Crippen LogP contribution in [-0.2, 0) is 6.54 Å². The van der Waals surface area contributed by atoms with Gasteiger partial charge in [-0.05, 0) is 36.4 Å². The third-order valence-electron chi connectivity index (χ3n) is 3.08. The average Bonchev–Trinajstić information content (AvgIpc) is 3.12. The lowest BCUT2D eigenvalue weighted by Gasteiger charge is -2.00. The van der Waals surface area contributed by atoms with Gasteiger partial charge in [0.05, 0.1) is 19.9 Å². The Hall–Kier alpha value is -2.69. The highest BCUT2D eigenvalue weighted by molar-refractivity contribution is 5.98. The summed E-state index contributed by atoms with van der Waals surface area (Å²) in [6.07, 6.45) is 1.58. The van der Waals surface area contributed by atoms with Crippen LogP contribution in [0, 0.1) is 0 Å². The van der Waals surface area contributed by atoms with Crippen LogP contribution in [0.2, 0.25) is 0 Å². The molecule has 0 fully saturated rings. The summed E-state index contributed by atoms with van der Waals surface area (Å²) >= 11 is 0. The van der Waals surface area contributed by atoms with Crippen LogP contribution < -0.4 is 10.1 Å². The van der Waals surface area contributed by atoms with Crippen LogP contribution in [0.5, 0.6) is 5.75 Å². The van der Waals surface area contributed by atoms with Gasteiger partial charge in [0.15, 0.2) is 0 Å². The van der Waals surface area contributed by atoms with Crippen molar-refractivity contribution < 1.29 is 13.9 Å². The molecule has 0 aliphatic rings. The van der Waals surface area contributed by atoms with E-state index in [-0.39, 0.29) is 5.91 Å². The van der Waals surface area contributed by atoms with Crippen molar-refractivity contribution in [2.45, 2.75) is 6.54 Å². The van der Waals surface area contributed by atoms with Gasteiger partial charge in [0.2, 0.25) is 0 Å². The molecule has 0 aliphatic heterocycles. The molecule has 5 nitrogen and oxygen atoms in total. The molecule has 1 amide bonds. The van der Waals surface area contributed by atoms with Gasteiger partial charge in [-0.25, -0.2) is 0 Å². The first-order valence-corrected chi connectivity index (χ1v) is 6.23. The number of furan rings is 1. The molecule has 20 heavy (non-hydrogen) atoms. The molecule has 0 saturated carbocycles. The quantitative estimate of drug-likeness (QED) is 0.766. The molecule has 0 aliphatic carbocycles. The Kier molecular flexibility index (Phi) is 3.16. The monoisotopic (exact) mass is 270 g/mol. The second-order valence-electron chi connectivity index (χ2n) is 4.40. The minimum atomic E-state index is -0.170. The Labute approximate surface area is 115 Å². The lowest BCUT2D eigenvalue weighted by molar-refractivity contribution is 0.0944. The Bertz CT molecular complexity index is 729. The van der Waals surface area contributed by atoms with E-state index in [0.29, 0.717) is 12.2 Å². The van der Waals surface area contributed by atoms with Gasteiger partial charge in [0.25, 0.3) is 5.91 Å². The van der Waals surface area contributed by atoms with Crippen molar-refractivity contribution in [2.24, 2.45) is 0 Å². The van der Waals surface area contributed by atoms with E-state index in [1.807, 2.05) is 24.3 Å². The number of carbonyl (C=O) groups excluding carboxylic acids is 1. The zero-order chi connectivity index (χ0) is 13.9. The zero-order valence-electron chi connectivity index (χ0n) is 11.0. The summed E-state index contributed by atoms with van der Waals surface area (Å²) in [4.78, 5) is 15.1. The van der Waals surface area contributed by atoms with Gasteiger partial charge in [0.1, 0.15) is 17.2 Å². The number of aromatic nitrogens is 1. The first-order valence-electron chi connectivity index (χ1n) is 6.23. The van der Waals surface area contributed by atoms with Crippen LogP contribution in [0.1, 0.15) is 16.2 Å². The summed E-state index contributed by atoms with van der Waals surface area (Å²) in [6.45, 7) is 0.366. The van der Waals surface area contributed by atoms with Crippen molar-refractivity contribution >= 4 is 16.8 Å². The second-order valence-corrected chi connectivity index (χ2v) is 4.40.